The van der Waals surface area contributed by atoms with Gasteiger partial charge >= 0.3 is 0 Å². The molecule has 15 heavy (non-hydrogen) atoms. The molecule has 0 fully saturated rings. The summed E-state index contributed by atoms with van der Waals surface area (Å²) < 4.78 is 0. The van der Waals surface area contributed by atoms with Crippen LogP contribution in [0, 0.1) is 11.3 Å². The second-order valence-corrected chi connectivity index (χ2v) is 2.76. The molecule has 1 N–H and O–H groups in total. The van der Waals surface area contributed by atoms with Gasteiger partial charge in [-0.05, 0) is 12.1 Å². The maximum absolute atomic E-state index is 8.59. The summed E-state index contributed by atoms with van der Waals surface area (Å²) in [6.07, 6.45) is 6.28. The number of rotatable bonds is 2. The average Bonchev–Trinajstić information content (AvgIpc) is 2.31. The van der Waals surface area contributed by atoms with Crippen LogP contribution in [0.3, 0.4) is 0 Å². The summed E-state index contributed by atoms with van der Waals surface area (Å²) in [4.78, 5) is 12.0. The summed E-state index contributed by atoms with van der Waals surface area (Å²) >= 11 is 0. The zero-order valence-corrected chi connectivity index (χ0v) is 7.75. The van der Waals surface area contributed by atoms with Gasteiger partial charge in [0.25, 0.3) is 0 Å². The Hall–Kier alpha value is -2.48. The monoisotopic (exact) mass is 197 g/mol. The minimum absolute atomic E-state index is 0.527. The van der Waals surface area contributed by atoms with E-state index in [0.29, 0.717) is 17.2 Å². The fourth-order valence-corrected chi connectivity index (χ4v) is 1.03. The molecule has 0 saturated carbocycles. The molecule has 0 amide bonds. The molecule has 0 aliphatic carbocycles. The lowest BCUT2D eigenvalue weighted by atomic mass is 10.3. The molecule has 0 spiro atoms. The van der Waals surface area contributed by atoms with E-state index in [2.05, 4.69) is 20.3 Å². The second-order valence-electron chi connectivity index (χ2n) is 2.76. The van der Waals surface area contributed by atoms with Crippen molar-refractivity contribution < 1.29 is 0 Å². The van der Waals surface area contributed by atoms with Crippen molar-refractivity contribution in [3.63, 3.8) is 0 Å². The maximum Gasteiger partial charge on any atom is 0.150 e. The second kappa shape index (κ2) is 4.15. The Bertz CT molecular complexity index is 471. The van der Waals surface area contributed by atoms with Crippen molar-refractivity contribution in [2.75, 3.05) is 5.32 Å². The first-order valence-corrected chi connectivity index (χ1v) is 4.27. The number of nitrogens with one attached hydrogen (secondary N) is 1. The molecular weight excluding hydrogens is 190 g/mol. The Balaban J connectivity index is 2.16. The van der Waals surface area contributed by atoms with E-state index >= 15 is 0 Å². The molecular formula is C10H7N5. The smallest absolute Gasteiger partial charge is 0.150 e. The van der Waals surface area contributed by atoms with E-state index in [0.717, 1.165) is 0 Å². The van der Waals surface area contributed by atoms with Gasteiger partial charge in [-0.15, -0.1) is 0 Å². The molecule has 0 unspecified atom stereocenters. The fraction of sp³-hybridized carbons (Fsp3) is 0. The van der Waals surface area contributed by atoms with Crippen LogP contribution in [0.25, 0.3) is 0 Å². The van der Waals surface area contributed by atoms with Crippen molar-refractivity contribution in [1.29, 1.82) is 5.26 Å². The van der Waals surface area contributed by atoms with Crippen LogP contribution in [0.4, 0.5) is 11.6 Å². The van der Waals surface area contributed by atoms with Gasteiger partial charge < -0.3 is 5.32 Å². The quantitative estimate of drug-likeness (QED) is 0.789. The van der Waals surface area contributed by atoms with Gasteiger partial charge in [0.1, 0.15) is 17.7 Å². The number of pyridine rings is 1. The normalized spacial score (nSPS) is 9.27. The van der Waals surface area contributed by atoms with Gasteiger partial charge in [-0.2, -0.15) is 5.26 Å². The zero-order chi connectivity index (χ0) is 10.5. The lowest BCUT2D eigenvalue weighted by molar-refractivity contribution is 1.18. The molecule has 0 aliphatic heterocycles. The first kappa shape index (κ1) is 9.09. The van der Waals surface area contributed by atoms with Gasteiger partial charge in [0, 0.05) is 18.6 Å². The Kier molecular flexibility index (Phi) is 2.52. The van der Waals surface area contributed by atoms with Gasteiger partial charge in [-0.1, -0.05) is 0 Å². The number of nitrogens with zero attached hydrogens (tertiary/aromatic N) is 4. The first-order valence-electron chi connectivity index (χ1n) is 4.27. The van der Waals surface area contributed by atoms with Crippen molar-refractivity contribution in [3.05, 3.63) is 42.5 Å². The van der Waals surface area contributed by atoms with Crippen LogP contribution in [0.2, 0.25) is 0 Å². The molecule has 0 aromatic carbocycles. The molecule has 2 heterocycles. The van der Waals surface area contributed by atoms with Crippen molar-refractivity contribution in [3.8, 4) is 6.07 Å². The molecule has 5 heteroatoms. The van der Waals surface area contributed by atoms with Crippen LogP contribution in [-0.4, -0.2) is 15.0 Å². The Morgan fingerprint density at radius 3 is 2.60 bits per heavy atom. The van der Waals surface area contributed by atoms with Crippen LogP contribution in [0.5, 0.6) is 0 Å². The largest absolute Gasteiger partial charge is 0.324 e. The molecule has 2 aromatic heterocycles. The Labute approximate surface area is 86.5 Å². The average molecular weight is 197 g/mol. The summed E-state index contributed by atoms with van der Waals surface area (Å²) in [6.45, 7) is 0. The Morgan fingerprint density at radius 1 is 1.07 bits per heavy atom. The molecule has 0 atom stereocenters. The summed E-state index contributed by atoms with van der Waals surface area (Å²) in [5.41, 5.74) is 0.527. The highest BCUT2D eigenvalue weighted by molar-refractivity contribution is 5.50. The van der Waals surface area contributed by atoms with Gasteiger partial charge in [-0.3, -0.25) is 4.98 Å². The van der Waals surface area contributed by atoms with Gasteiger partial charge in [0.15, 0.2) is 0 Å². The van der Waals surface area contributed by atoms with Crippen molar-refractivity contribution in [2.45, 2.75) is 0 Å². The van der Waals surface area contributed by atoms with Crippen LogP contribution in [0.1, 0.15) is 5.56 Å². The van der Waals surface area contributed by atoms with Crippen LogP contribution < -0.4 is 5.32 Å². The molecule has 0 saturated heterocycles. The molecule has 0 bridgehead atoms. The van der Waals surface area contributed by atoms with E-state index in [1.807, 2.05) is 6.07 Å². The zero-order valence-electron chi connectivity index (χ0n) is 7.75. The van der Waals surface area contributed by atoms with Crippen LogP contribution in [0.15, 0.2) is 36.9 Å². The lowest BCUT2D eigenvalue weighted by Crippen LogP contribution is -1.95. The molecule has 0 radical (unpaired) electrons. The van der Waals surface area contributed by atoms with E-state index in [1.54, 1.807) is 30.7 Å². The summed E-state index contributed by atoms with van der Waals surface area (Å²) in [5.74, 6) is 1.25. The lowest BCUT2D eigenvalue weighted by Gasteiger charge is -2.02. The standard InChI is InChI=1S/C10H7N5/c11-5-8-1-2-9(14-6-8)15-10-7-12-3-4-13-10/h1-4,6-7H,(H,13,14,15). The minimum Gasteiger partial charge on any atom is -0.324 e. The number of anilines is 2. The predicted octanol–water partition coefficient (Wildman–Crippen LogP) is 1.49. The minimum atomic E-state index is 0.527. The third kappa shape index (κ3) is 2.25. The van der Waals surface area contributed by atoms with E-state index in [4.69, 9.17) is 5.26 Å². The summed E-state index contributed by atoms with van der Waals surface area (Å²) in [5, 5.41) is 11.5. The summed E-state index contributed by atoms with van der Waals surface area (Å²) in [7, 11) is 0. The first-order chi connectivity index (χ1) is 7.38. The highest BCUT2D eigenvalue weighted by Crippen LogP contribution is 2.09. The van der Waals surface area contributed by atoms with Crippen LogP contribution in [-0.2, 0) is 0 Å². The van der Waals surface area contributed by atoms with Crippen molar-refractivity contribution in [1.82, 2.24) is 15.0 Å². The molecule has 0 aliphatic rings. The van der Waals surface area contributed by atoms with E-state index in [-0.39, 0.29) is 0 Å². The number of hydrogen-bond acceptors (Lipinski definition) is 5. The third-order valence-corrected chi connectivity index (χ3v) is 1.71. The topological polar surface area (TPSA) is 74.5 Å². The maximum atomic E-state index is 8.59. The van der Waals surface area contributed by atoms with Crippen molar-refractivity contribution >= 4 is 11.6 Å². The van der Waals surface area contributed by atoms with E-state index < -0.39 is 0 Å². The highest BCUT2D eigenvalue weighted by Gasteiger charge is 1.96. The number of hydrogen-bond donors (Lipinski definition) is 1. The van der Waals surface area contributed by atoms with Gasteiger partial charge in [0.2, 0.25) is 0 Å². The predicted molar refractivity (Wildman–Crippen MR) is 54.3 cm³/mol. The highest BCUT2D eigenvalue weighted by atomic mass is 15.1. The number of nitriles is 1. The fourth-order valence-electron chi connectivity index (χ4n) is 1.03. The third-order valence-electron chi connectivity index (χ3n) is 1.71. The van der Waals surface area contributed by atoms with Crippen molar-refractivity contribution in [2.24, 2.45) is 0 Å². The van der Waals surface area contributed by atoms with Crippen LogP contribution >= 0.6 is 0 Å². The van der Waals surface area contributed by atoms with E-state index in [1.165, 1.54) is 6.20 Å². The number of aromatic nitrogens is 3. The van der Waals surface area contributed by atoms with E-state index in [9.17, 15) is 0 Å². The SMILES string of the molecule is N#Cc1ccc(Nc2cnccn2)nc1. The van der Waals surface area contributed by atoms with Gasteiger partial charge in [-0.25, -0.2) is 9.97 Å². The molecule has 2 aromatic rings. The molecule has 2 rings (SSSR count). The molecule has 5 nitrogen and oxygen atoms in total. The molecule has 72 valence electrons. The summed E-state index contributed by atoms with van der Waals surface area (Å²) in [6, 6.07) is 5.40. The Morgan fingerprint density at radius 2 is 2.00 bits per heavy atom. The van der Waals surface area contributed by atoms with Gasteiger partial charge in [0.05, 0.1) is 11.8 Å².